The topological polar surface area (TPSA) is 61.0 Å². The number of nitrogens with zero attached hydrogens (tertiary/aromatic N) is 2. The zero-order valence-electron chi connectivity index (χ0n) is 8.58. The molecule has 4 nitrogen and oxygen atoms in total. The fourth-order valence-electron chi connectivity index (χ4n) is 0.907. The molecule has 0 aliphatic carbocycles. The van der Waals surface area contributed by atoms with Crippen molar-refractivity contribution in [2.24, 2.45) is 0 Å². The third-order valence-corrected chi connectivity index (χ3v) is 1.71. The number of nitrogen functional groups attached to an aromatic ring is 1. The van der Waals surface area contributed by atoms with Gasteiger partial charge in [0.15, 0.2) is 0 Å². The van der Waals surface area contributed by atoms with E-state index in [0.717, 1.165) is 17.6 Å². The summed E-state index contributed by atoms with van der Waals surface area (Å²) in [6.45, 7) is 8.21. The summed E-state index contributed by atoms with van der Waals surface area (Å²) in [6, 6.07) is 0. The van der Waals surface area contributed by atoms with Crippen LogP contribution in [0.15, 0.2) is 18.3 Å². The lowest BCUT2D eigenvalue weighted by Gasteiger charge is -2.07. The molecule has 2 N–H and O–H groups in total. The molecule has 0 saturated heterocycles. The Kier molecular flexibility index (Phi) is 3.45. The number of ether oxygens (including phenoxy) is 1. The number of hydrogen-bond donors (Lipinski definition) is 1. The first-order valence-corrected chi connectivity index (χ1v) is 4.46. The van der Waals surface area contributed by atoms with Gasteiger partial charge in [-0.05, 0) is 13.8 Å². The minimum atomic E-state index is 0.237. The van der Waals surface area contributed by atoms with Crippen LogP contribution in [0.25, 0.3) is 0 Å². The Morgan fingerprint density at radius 1 is 1.64 bits per heavy atom. The van der Waals surface area contributed by atoms with E-state index in [-0.39, 0.29) is 5.95 Å². The van der Waals surface area contributed by atoms with E-state index >= 15 is 0 Å². The molecule has 1 rings (SSSR count). The number of rotatable bonds is 4. The molecule has 0 fully saturated rings. The van der Waals surface area contributed by atoms with Crippen LogP contribution in [0.4, 0.5) is 5.95 Å². The van der Waals surface area contributed by atoms with Gasteiger partial charge in [0.2, 0.25) is 11.8 Å². The van der Waals surface area contributed by atoms with Gasteiger partial charge in [0, 0.05) is 18.2 Å². The highest BCUT2D eigenvalue weighted by atomic mass is 16.5. The summed E-state index contributed by atoms with van der Waals surface area (Å²) in [5.41, 5.74) is 7.42. The highest BCUT2D eigenvalue weighted by Crippen LogP contribution is 2.14. The van der Waals surface area contributed by atoms with Crippen LogP contribution in [0.1, 0.15) is 18.9 Å². The molecule has 1 aromatic rings. The molecule has 0 spiro atoms. The lowest BCUT2D eigenvalue weighted by atomic mass is 10.3. The molecule has 0 aliphatic rings. The maximum absolute atomic E-state index is 5.44. The van der Waals surface area contributed by atoms with Gasteiger partial charge in [-0.15, -0.1) is 6.58 Å². The van der Waals surface area contributed by atoms with Crippen molar-refractivity contribution in [3.63, 3.8) is 0 Å². The van der Waals surface area contributed by atoms with Crippen LogP contribution in [0.2, 0.25) is 0 Å². The average molecular weight is 193 g/mol. The van der Waals surface area contributed by atoms with E-state index in [1.807, 2.05) is 13.8 Å². The Balaban J connectivity index is 2.57. The van der Waals surface area contributed by atoms with Crippen LogP contribution in [-0.4, -0.2) is 16.6 Å². The van der Waals surface area contributed by atoms with Gasteiger partial charge >= 0.3 is 0 Å². The number of anilines is 1. The van der Waals surface area contributed by atoms with Gasteiger partial charge < -0.3 is 10.5 Å². The largest absolute Gasteiger partial charge is 0.477 e. The smallest absolute Gasteiger partial charge is 0.223 e. The maximum atomic E-state index is 5.44. The fourth-order valence-corrected chi connectivity index (χ4v) is 0.907. The first kappa shape index (κ1) is 10.5. The third-order valence-electron chi connectivity index (χ3n) is 1.71. The van der Waals surface area contributed by atoms with Gasteiger partial charge in [-0.3, -0.25) is 0 Å². The highest BCUT2D eigenvalue weighted by Gasteiger charge is 2.02. The van der Waals surface area contributed by atoms with Gasteiger partial charge in [0.25, 0.3) is 0 Å². The molecule has 0 amide bonds. The van der Waals surface area contributed by atoms with Crippen molar-refractivity contribution in [3.05, 3.63) is 23.9 Å². The fraction of sp³-hybridized carbons (Fsp3) is 0.400. The third kappa shape index (κ3) is 3.05. The molecule has 1 heterocycles. The molecule has 0 bridgehead atoms. The molecular formula is C10H15N3O. The second-order valence-corrected chi connectivity index (χ2v) is 3.27. The van der Waals surface area contributed by atoms with Crippen LogP contribution in [0.5, 0.6) is 5.88 Å². The van der Waals surface area contributed by atoms with E-state index in [0.29, 0.717) is 12.5 Å². The molecule has 14 heavy (non-hydrogen) atoms. The van der Waals surface area contributed by atoms with Crippen molar-refractivity contribution >= 4 is 5.95 Å². The van der Waals surface area contributed by atoms with E-state index in [2.05, 4.69) is 16.5 Å². The van der Waals surface area contributed by atoms with Crippen LogP contribution in [0.3, 0.4) is 0 Å². The number of aryl methyl sites for hydroxylation is 1. The van der Waals surface area contributed by atoms with Crippen molar-refractivity contribution < 1.29 is 4.74 Å². The number of aromatic nitrogens is 2. The van der Waals surface area contributed by atoms with Crippen molar-refractivity contribution in [3.8, 4) is 5.88 Å². The Labute approximate surface area is 83.8 Å². The summed E-state index contributed by atoms with van der Waals surface area (Å²) < 4.78 is 5.44. The molecule has 0 saturated carbocycles. The predicted molar refractivity (Wildman–Crippen MR) is 56.1 cm³/mol. The van der Waals surface area contributed by atoms with Crippen molar-refractivity contribution in [1.29, 1.82) is 0 Å². The van der Waals surface area contributed by atoms with Crippen LogP contribution >= 0.6 is 0 Å². The quantitative estimate of drug-likeness (QED) is 0.739. The lowest BCUT2D eigenvalue weighted by Crippen LogP contribution is -2.04. The molecule has 0 aliphatic heterocycles. The Bertz CT molecular complexity index is 336. The standard InChI is InChI=1S/C10H15N3O/c1-7(2)4-5-14-9-8(3)6-12-10(11)13-9/h6H,1,4-5H2,2-3H3,(H2,11,12,13). The molecule has 1 aromatic heterocycles. The van der Waals surface area contributed by atoms with Crippen molar-refractivity contribution in [2.45, 2.75) is 20.3 Å². The summed E-state index contributed by atoms with van der Waals surface area (Å²) in [7, 11) is 0. The molecular weight excluding hydrogens is 178 g/mol. The minimum Gasteiger partial charge on any atom is -0.477 e. The zero-order valence-corrected chi connectivity index (χ0v) is 8.58. The van der Waals surface area contributed by atoms with Gasteiger partial charge in [0.05, 0.1) is 6.61 Å². The summed E-state index contributed by atoms with van der Waals surface area (Å²) in [6.07, 6.45) is 2.47. The average Bonchev–Trinajstić information content (AvgIpc) is 2.10. The van der Waals surface area contributed by atoms with Crippen molar-refractivity contribution in [1.82, 2.24) is 9.97 Å². The molecule has 0 atom stereocenters. The van der Waals surface area contributed by atoms with E-state index < -0.39 is 0 Å². The highest BCUT2D eigenvalue weighted by molar-refractivity contribution is 5.28. The van der Waals surface area contributed by atoms with Crippen LogP contribution in [-0.2, 0) is 0 Å². The summed E-state index contributed by atoms with van der Waals surface area (Å²) in [5.74, 6) is 0.791. The zero-order chi connectivity index (χ0) is 10.6. The van der Waals surface area contributed by atoms with Crippen LogP contribution < -0.4 is 10.5 Å². The molecule has 0 radical (unpaired) electrons. The predicted octanol–water partition coefficient (Wildman–Crippen LogP) is 1.71. The van der Waals surface area contributed by atoms with Gasteiger partial charge in [0.1, 0.15) is 0 Å². The number of hydrogen-bond acceptors (Lipinski definition) is 4. The van der Waals surface area contributed by atoms with E-state index in [9.17, 15) is 0 Å². The normalized spacial score (nSPS) is 9.86. The lowest BCUT2D eigenvalue weighted by molar-refractivity contribution is 0.307. The first-order valence-electron chi connectivity index (χ1n) is 4.46. The summed E-state index contributed by atoms with van der Waals surface area (Å²) in [5, 5.41) is 0. The second-order valence-electron chi connectivity index (χ2n) is 3.27. The van der Waals surface area contributed by atoms with E-state index in [1.165, 1.54) is 0 Å². The minimum absolute atomic E-state index is 0.237. The summed E-state index contributed by atoms with van der Waals surface area (Å²) >= 11 is 0. The van der Waals surface area contributed by atoms with Gasteiger partial charge in [-0.1, -0.05) is 5.57 Å². The van der Waals surface area contributed by atoms with Gasteiger partial charge in [-0.25, -0.2) is 4.98 Å². The van der Waals surface area contributed by atoms with E-state index in [4.69, 9.17) is 10.5 Å². The molecule has 0 unspecified atom stereocenters. The first-order chi connectivity index (χ1) is 6.59. The maximum Gasteiger partial charge on any atom is 0.223 e. The molecule has 4 heteroatoms. The monoisotopic (exact) mass is 193 g/mol. The molecule has 76 valence electrons. The SMILES string of the molecule is C=C(C)CCOc1nc(N)ncc1C. The Morgan fingerprint density at radius 3 is 3.00 bits per heavy atom. The Morgan fingerprint density at radius 2 is 2.36 bits per heavy atom. The van der Waals surface area contributed by atoms with E-state index in [1.54, 1.807) is 6.20 Å². The molecule has 0 aromatic carbocycles. The Hall–Kier alpha value is -1.58. The number of nitrogens with two attached hydrogens (primary N) is 1. The second kappa shape index (κ2) is 4.60. The summed E-state index contributed by atoms with van der Waals surface area (Å²) in [4.78, 5) is 7.84. The van der Waals surface area contributed by atoms with Gasteiger partial charge in [-0.2, -0.15) is 4.98 Å². The van der Waals surface area contributed by atoms with Crippen molar-refractivity contribution in [2.75, 3.05) is 12.3 Å². The van der Waals surface area contributed by atoms with Crippen LogP contribution in [0, 0.1) is 6.92 Å².